The zero-order valence-electron chi connectivity index (χ0n) is 16.5. The topological polar surface area (TPSA) is 43.3 Å². The molecule has 0 bridgehead atoms. The highest BCUT2D eigenvalue weighted by Gasteiger charge is 2.28. The number of aryl methyl sites for hydroxylation is 1. The van der Waals surface area contributed by atoms with Crippen LogP contribution < -0.4 is 0 Å². The minimum Gasteiger partial charge on any atom is -0.632 e. The molecule has 2 rings (SSSR count). The number of benzene rings is 2. The van der Waals surface area contributed by atoms with E-state index < -0.39 is 0 Å². The maximum absolute atomic E-state index is 13.3. The van der Waals surface area contributed by atoms with Gasteiger partial charge >= 0.3 is 0 Å². The van der Waals surface area contributed by atoms with Crippen LogP contribution in [0.2, 0.25) is 0 Å². The maximum atomic E-state index is 13.3. The summed E-state index contributed by atoms with van der Waals surface area (Å²) >= 11 is 0. The summed E-state index contributed by atoms with van der Waals surface area (Å²) < 4.78 is -0.212. The van der Waals surface area contributed by atoms with Crippen LogP contribution in [0.1, 0.15) is 56.7 Å². The van der Waals surface area contributed by atoms with Gasteiger partial charge < -0.3 is 15.0 Å². The second-order valence-corrected chi connectivity index (χ2v) is 7.58. The first-order chi connectivity index (χ1) is 11.8. The third-order valence-corrected chi connectivity index (χ3v) is 5.28. The minimum absolute atomic E-state index is 0. The lowest BCUT2D eigenvalue weighted by molar-refractivity contribution is -0.922. The Morgan fingerprint density at radius 2 is 1.54 bits per heavy atom. The lowest BCUT2D eigenvalue weighted by atomic mass is 9.86. The second-order valence-electron chi connectivity index (χ2n) is 7.58. The molecule has 0 fully saturated rings. The van der Waals surface area contributed by atoms with Gasteiger partial charge in [0, 0.05) is 17.9 Å². The van der Waals surface area contributed by atoms with Crippen LogP contribution in [0.15, 0.2) is 48.5 Å². The number of quaternary nitrogens is 1. The molecule has 144 valence electrons. The van der Waals surface area contributed by atoms with Crippen LogP contribution in [0.5, 0.6) is 5.75 Å². The van der Waals surface area contributed by atoms with Gasteiger partial charge in [-0.25, -0.2) is 0 Å². The van der Waals surface area contributed by atoms with Crippen LogP contribution in [0, 0.1) is 12.1 Å². The van der Waals surface area contributed by atoms with Crippen molar-refractivity contribution in [3.8, 4) is 5.75 Å². The summed E-state index contributed by atoms with van der Waals surface area (Å²) in [4.78, 5) is 0. The largest absolute Gasteiger partial charge is 0.632 e. The summed E-state index contributed by atoms with van der Waals surface area (Å²) in [5.41, 5.74) is 3.16. The Hall–Kier alpha value is -1.55. The van der Waals surface area contributed by atoms with Crippen molar-refractivity contribution < 1.29 is 9.75 Å². The lowest BCUT2D eigenvalue weighted by Crippen LogP contribution is -2.53. The molecule has 26 heavy (non-hydrogen) atoms. The van der Waals surface area contributed by atoms with Gasteiger partial charge in [-0.1, -0.05) is 48.0 Å². The normalized spacial score (nSPS) is 12.9. The average Bonchev–Trinajstić information content (AvgIpc) is 2.58. The molecule has 2 aromatic rings. The Balaban J connectivity index is 0.00000338. The van der Waals surface area contributed by atoms with Crippen LogP contribution in [0.25, 0.3) is 0 Å². The van der Waals surface area contributed by atoms with Gasteiger partial charge in [0.1, 0.15) is 5.75 Å². The number of halogens is 1. The monoisotopic (exact) mass is 377 g/mol. The molecular weight excluding hydrogens is 346 g/mol. The molecule has 0 aliphatic carbocycles. The van der Waals surface area contributed by atoms with Crippen molar-refractivity contribution in [3.05, 3.63) is 70.4 Å². The van der Waals surface area contributed by atoms with Crippen molar-refractivity contribution in [2.24, 2.45) is 0 Å². The van der Waals surface area contributed by atoms with E-state index in [1.165, 1.54) is 0 Å². The summed E-state index contributed by atoms with van der Waals surface area (Å²) in [6, 6.07) is 15.9. The Morgan fingerprint density at radius 3 is 2.08 bits per heavy atom. The number of hydrogen-bond donors (Lipinski definition) is 1. The molecule has 4 heteroatoms. The quantitative estimate of drug-likeness (QED) is 0.491. The number of phenols is 1. The first-order valence-electron chi connectivity index (χ1n) is 9.18. The molecule has 0 saturated carbocycles. The van der Waals surface area contributed by atoms with Crippen molar-refractivity contribution in [3.63, 3.8) is 0 Å². The first-order valence-corrected chi connectivity index (χ1v) is 9.18. The first kappa shape index (κ1) is 22.5. The van der Waals surface area contributed by atoms with Crippen molar-refractivity contribution in [2.45, 2.75) is 59.0 Å². The fourth-order valence-corrected chi connectivity index (χ4v) is 3.58. The molecule has 0 amide bonds. The molecular formula is C22H32ClNO2. The summed E-state index contributed by atoms with van der Waals surface area (Å²) in [6.07, 6.45) is 0.709. The second kappa shape index (κ2) is 9.40. The van der Waals surface area contributed by atoms with Crippen LogP contribution in [-0.4, -0.2) is 28.4 Å². The summed E-state index contributed by atoms with van der Waals surface area (Å²) in [6.45, 7) is 10.5. The minimum atomic E-state index is -0.212. The lowest BCUT2D eigenvalue weighted by Gasteiger charge is -2.50. The summed E-state index contributed by atoms with van der Waals surface area (Å²) in [5, 5.41) is 23.7. The highest BCUT2D eigenvalue weighted by atomic mass is 35.5. The zero-order valence-corrected chi connectivity index (χ0v) is 17.3. The van der Waals surface area contributed by atoms with E-state index in [-0.39, 0.29) is 35.1 Å². The smallest absolute Gasteiger partial charge is 0.119 e. The third kappa shape index (κ3) is 5.00. The van der Waals surface area contributed by atoms with Crippen molar-refractivity contribution in [2.75, 3.05) is 6.54 Å². The standard InChI is InChI=1S/C22H31NO2.ClH/c1-16(2)23(25,17(3)4)14-13-20(19-9-7-6-8-10-19)21-15-18(5)11-12-22(21)24;/h6-12,15-17,20,24H,13-14H2,1-5H3;1H/t20-;/m1./s1. The number of hydrogen-bond acceptors (Lipinski definition) is 2. The highest BCUT2D eigenvalue weighted by molar-refractivity contribution is 5.85. The molecule has 0 aromatic heterocycles. The van der Waals surface area contributed by atoms with Crippen LogP contribution >= 0.6 is 12.4 Å². The van der Waals surface area contributed by atoms with Crippen molar-refractivity contribution >= 4 is 12.4 Å². The predicted octanol–water partition coefficient (Wildman–Crippen LogP) is 5.78. The maximum Gasteiger partial charge on any atom is 0.119 e. The molecule has 1 atom stereocenters. The van der Waals surface area contributed by atoms with Gasteiger partial charge in [0.2, 0.25) is 0 Å². The summed E-state index contributed by atoms with van der Waals surface area (Å²) in [5.74, 6) is 0.322. The van der Waals surface area contributed by atoms with Gasteiger partial charge in [0.25, 0.3) is 0 Å². The van der Waals surface area contributed by atoms with E-state index in [0.29, 0.717) is 18.7 Å². The van der Waals surface area contributed by atoms with E-state index in [1.807, 2.05) is 65.0 Å². The zero-order chi connectivity index (χ0) is 18.6. The van der Waals surface area contributed by atoms with Gasteiger partial charge in [-0.05, 0) is 46.2 Å². The van der Waals surface area contributed by atoms with Crippen molar-refractivity contribution in [1.82, 2.24) is 0 Å². The molecule has 0 heterocycles. The Bertz CT molecular complexity index is 678. The number of rotatable bonds is 7. The molecule has 3 nitrogen and oxygen atoms in total. The number of aromatic hydroxyl groups is 1. The van der Waals surface area contributed by atoms with Gasteiger partial charge in [0.15, 0.2) is 0 Å². The van der Waals surface area contributed by atoms with Crippen molar-refractivity contribution in [1.29, 1.82) is 0 Å². The average molecular weight is 378 g/mol. The van der Waals surface area contributed by atoms with Gasteiger partial charge in [-0.3, -0.25) is 0 Å². The molecule has 0 aliphatic rings. The van der Waals surface area contributed by atoms with Gasteiger partial charge in [-0.2, -0.15) is 0 Å². The van der Waals surface area contributed by atoms with Gasteiger partial charge in [0.05, 0.1) is 18.6 Å². The molecule has 0 aliphatic heterocycles. The fraction of sp³-hybridized carbons (Fsp3) is 0.455. The Morgan fingerprint density at radius 1 is 0.962 bits per heavy atom. The van der Waals surface area contributed by atoms with Gasteiger partial charge in [-0.15, -0.1) is 12.4 Å². The van der Waals surface area contributed by atoms with Crippen LogP contribution in [-0.2, 0) is 0 Å². The SMILES string of the molecule is Cc1ccc(O)c([C@H](CC[N+]([O-])(C(C)C)C(C)C)c2ccccc2)c1.Cl. The van der Waals surface area contributed by atoms with Crippen LogP contribution in [0.4, 0.5) is 0 Å². The van der Waals surface area contributed by atoms with E-state index in [1.54, 1.807) is 6.07 Å². The van der Waals surface area contributed by atoms with E-state index in [0.717, 1.165) is 16.7 Å². The van der Waals surface area contributed by atoms with E-state index in [9.17, 15) is 10.3 Å². The highest BCUT2D eigenvalue weighted by Crippen LogP contribution is 2.36. The van der Waals surface area contributed by atoms with E-state index in [4.69, 9.17) is 0 Å². The Kier molecular flexibility index (Phi) is 8.14. The molecule has 2 aromatic carbocycles. The molecule has 1 N–H and O–H groups in total. The molecule has 0 spiro atoms. The molecule has 0 unspecified atom stereocenters. The van der Waals surface area contributed by atoms with Crippen LogP contribution in [0.3, 0.4) is 0 Å². The summed E-state index contributed by atoms with van der Waals surface area (Å²) in [7, 11) is 0. The van der Waals surface area contributed by atoms with E-state index >= 15 is 0 Å². The van der Waals surface area contributed by atoms with E-state index in [2.05, 4.69) is 12.1 Å². The predicted molar refractivity (Wildman–Crippen MR) is 112 cm³/mol. The fourth-order valence-electron chi connectivity index (χ4n) is 3.58. The molecule has 0 saturated heterocycles. The Labute approximate surface area is 164 Å². The number of nitrogens with zero attached hydrogens (tertiary/aromatic N) is 1. The number of hydroxylamine groups is 3. The molecule has 0 radical (unpaired) electrons. The number of phenolic OH excluding ortho intramolecular Hbond substituents is 1. The third-order valence-electron chi connectivity index (χ3n) is 5.28.